The van der Waals surface area contributed by atoms with Crippen LogP contribution >= 0.6 is 12.4 Å². The number of halogens is 1. The summed E-state index contributed by atoms with van der Waals surface area (Å²) >= 11 is 0. The Morgan fingerprint density at radius 1 is 1.33 bits per heavy atom. The average Bonchev–Trinajstić information content (AvgIpc) is 2.47. The molecule has 1 aliphatic heterocycles. The van der Waals surface area contributed by atoms with Crippen LogP contribution in [0, 0.1) is 6.92 Å². The molecule has 0 bridgehead atoms. The molecule has 0 atom stereocenters. The Kier molecular flexibility index (Phi) is 8.12. The number of morpholine rings is 1. The summed E-state index contributed by atoms with van der Waals surface area (Å²) in [7, 11) is 0. The molecule has 5 nitrogen and oxygen atoms in total. The van der Waals surface area contributed by atoms with Crippen LogP contribution in [0.4, 0.5) is 0 Å². The Bertz CT molecular complexity index is 437. The molecular formula is C15H23ClN2O3. The van der Waals surface area contributed by atoms with E-state index in [9.17, 15) is 4.79 Å². The molecule has 1 N–H and O–H groups in total. The SMILES string of the molecule is Cc1ccccc1OCC(=O)NCCN1CCOCC1.Cl. The van der Waals surface area contributed by atoms with Crippen molar-refractivity contribution in [2.24, 2.45) is 0 Å². The van der Waals surface area contributed by atoms with Crippen molar-refractivity contribution in [3.05, 3.63) is 29.8 Å². The van der Waals surface area contributed by atoms with Crippen LogP contribution in [-0.4, -0.2) is 56.8 Å². The Hall–Kier alpha value is -1.30. The summed E-state index contributed by atoms with van der Waals surface area (Å²) in [5.41, 5.74) is 1.04. The van der Waals surface area contributed by atoms with Gasteiger partial charge >= 0.3 is 0 Å². The van der Waals surface area contributed by atoms with Crippen LogP contribution < -0.4 is 10.1 Å². The van der Waals surface area contributed by atoms with Crippen LogP contribution in [0.25, 0.3) is 0 Å². The lowest BCUT2D eigenvalue weighted by Crippen LogP contribution is -2.42. The molecule has 1 aromatic carbocycles. The van der Waals surface area contributed by atoms with Crippen molar-refractivity contribution in [3.63, 3.8) is 0 Å². The van der Waals surface area contributed by atoms with Crippen molar-refractivity contribution >= 4 is 18.3 Å². The van der Waals surface area contributed by atoms with Crippen molar-refractivity contribution in [1.82, 2.24) is 10.2 Å². The highest BCUT2D eigenvalue weighted by Gasteiger charge is 2.10. The highest BCUT2D eigenvalue weighted by atomic mass is 35.5. The molecule has 21 heavy (non-hydrogen) atoms. The largest absolute Gasteiger partial charge is 0.484 e. The fourth-order valence-electron chi connectivity index (χ4n) is 2.09. The molecule has 0 unspecified atom stereocenters. The Morgan fingerprint density at radius 2 is 2.05 bits per heavy atom. The van der Waals surface area contributed by atoms with E-state index in [1.165, 1.54) is 0 Å². The first-order valence-corrected chi connectivity index (χ1v) is 7.01. The molecule has 0 radical (unpaired) electrons. The molecule has 1 fully saturated rings. The van der Waals surface area contributed by atoms with Crippen LogP contribution in [0.3, 0.4) is 0 Å². The van der Waals surface area contributed by atoms with E-state index < -0.39 is 0 Å². The summed E-state index contributed by atoms with van der Waals surface area (Å²) in [6, 6.07) is 7.69. The summed E-state index contributed by atoms with van der Waals surface area (Å²) in [4.78, 5) is 14.0. The number of amides is 1. The summed E-state index contributed by atoms with van der Waals surface area (Å²) in [6.45, 7) is 6.98. The van der Waals surface area contributed by atoms with Crippen molar-refractivity contribution in [3.8, 4) is 5.75 Å². The molecule has 2 rings (SSSR count). The number of rotatable bonds is 6. The zero-order valence-electron chi connectivity index (χ0n) is 12.3. The second-order valence-corrected chi connectivity index (χ2v) is 4.86. The topological polar surface area (TPSA) is 50.8 Å². The minimum Gasteiger partial charge on any atom is -0.484 e. The van der Waals surface area contributed by atoms with Gasteiger partial charge in [-0.3, -0.25) is 9.69 Å². The fraction of sp³-hybridized carbons (Fsp3) is 0.533. The maximum atomic E-state index is 11.7. The third-order valence-electron chi connectivity index (χ3n) is 3.31. The van der Waals surface area contributed by atoms with Gasteiger partial charge in [0.25, 0.3) is 5.91 Å². The smallest absolute Gasteiger partial charge is 0.257 e. The first kappa shape index (κ1) is 17.8. The van der Waals surface area contributed by atoms with Crippen LogP contribution in [0.5, 0.6) is 5.75 Å². The van der Waals surface area contributed by atoms with E-state index >= 15 is 0 Å². The van der Waals surface area contributed by atoms with E-state index in [4.69, 9.17) is 9.47 Å². The molecule has 1 saturated heterocycles. The fourth-order valence-corrected chi connectivity index (χ4v) is 2.09. The lowest BCUT2D eigenvalue weighted by atomic mass is 10.2. The minimum atomic E-state index is -0.0819. The monoisotopic (exact) mass is 314 g/mol. The summed E-state index contributed by atoms with van der Waals surface area (Å²) in [6.07, 6.45) is 0. The molecule has 0 aliphatic carbocycles. The average molecular weight is 315 g/mol. The number of aryl methyl sites for hydroxylation is 1. The van der Waals surface area contributed by atoms with Crippen molar-refractivity contribution in [1.29, 1.82) is 0 Å². The van der Waals surface area contributed by atoms with Gasteiger partial charge in [0.05, 0.1) is 13.2 Å². The van der Waals surface area contributed by atoms with Gasteiger partial charge in [-0.2, -0.15) is 0 Å². The van der Waals surface area contributed by atoms with Crippen molar-refractivity contribution < 1.29 is 14.3 Å². The molecule has 1 aliphatic rings. The number of benzene rings is 1. The number of nitrogens with one attached hydrogen (secondary N) is 1. The van der Waals surface area contributed by atoms with Gasteiger partial charge in [-0.15, -0.1) is 12.4 Å². The maximum absolute atomic E-state index is 11.7. The van der Waals surface area contributed by atoms with Gasteiger partial charge in [0.1, 0.15) is 5.75 Å². The van der Waals surface area contributed by atoms with E-state index in [-0.39, 0.29) is 24.9 Å². The standard InChI is InChI=1S/C15H22N2O3.ClH/c1-13-4-2-3-5-14(13)20-12-15(18)16-6-7-17-8-10-19-11-9-17;/h2-5H,6-12H2,1H3,(H,16,18);1H. The quantitative estimate of drug-likeness (QED) is 0.858. The number of para-hydroxylation sites is 1. The Morgan fingerprint density at radius 3 is 2.76 bits per heavy atom. The van der Waals surface area contributed by atoms with E-state index in [1.807, 2.05) is 31.2 Å². The van der Waals surface area contributed by atoms with Gasteiger partial charge in [0.2, 0.25) is 0 Å². The highest BCUT2D eigenvalue weighted by Crippen LogP contribution is 2.15. The van der Waals surface area contributed by atoms with E-state index in [1.54, 1.807) is 0 Å². The second kappa shape index (κ2) is 9.60. The summed E-state index contributed by atoms with van der Waals surface area (Å²) < 4.78 is 10.8. The van der Waals surface area contributed by atoms with Crippen molar-refractivity contribution in [2.45, 2.75) is 6.92 Å². The predicted octanol–water partition coefficient (Wildman–Crippen LogP) is 1.24. The molecule has 6 heteroatoms. The Labute approximate surface area is 132 Å². The number of ether oxygens (including phenoxy) is 2. The lowest BCUT2D eigenvalue weighted by Gasteiger charge is -2.26. The third-order valence-corrected chi connectivity index (χ3v) is 3.31. The first-order valence-electron chi connectivity index (χ1n) is 7.01. The lowest BCUT2D eigenvalue weighted by molar-refractivity contribution is -0.123. The molecule has 1 heterocycles. The molecule has 0 spiro atoms. The summed E-state index contributed by atoms with van der Waals surface area (Å²) in [5, 5.41) is 2.87. The number of hydrogen-bond donors (Lipinski definition) is 1. The Balaban J connectivity index is 0.00000220. The van der Waals surface area contributed by atoms with Gasteiger partial charge in [-0.25, -0.2) is 0 Å². The maximum Gasteiger partial charge on any atom is 0.257 e. The number of hydrogen-bond acceptors (Lipinski definition) is 4. The van der Waals surface area contributed by atoms with Crippen molar-refractivity contribution in [2.75, 3.05) is 46.0 Å². The third kappa shape index (κ3) is 6.33. The van der Waals surface area contributed by atoms with Crippen LogP contribution in [0.15, 0.2) is 24.3 Å². The molecule has 1 aromatic rings. The van der Waals surface area contributed by atoms with Gasteiger partial charge in [0.15, 0.2) is 6.61 Å². The second-order valence-electron chi connectivity index (χ2n) is 4.86. The normalized spacial score (nSPS) is 15.1. The number of carbonyl (C=O) groups is 1. The van der Waals surface area contributed by atoms with Gasteiger partial charge in [-0.1, -0.05) is 18.2 Å². The van der Waals surface area contributed by atoms with E-state index in [2.05, 4.69) is 10.2 Å². The zero-order valence-corrected chi connectivity index (χ0v) is 13.2. The van der Waals surface area contributed by atoms with Crippen LogP contribution in [0.1, 0.15) is 5.56 Å². The minimum absolute atomic E-state index is 0. The molecule has 118 valence electrons. The number of nitrogens with zero attached hydrogens (tertiary/aromatic N) is 1. The molecule has 0 aromatic heterocycles. The molecule has 1 amide bonds. The van der Waals surface area contributed by atoms with Gasteiger partial charge in [0, 0.05) is 26.2 Å². The highest BCUT2D eigenvalue weighted by molar-refractivity contribution is 5.85. The first-order chi connectivity index (χ1) is 9.75. The predicted molar refractivity (Wildman–Crippen MR) is 84.2 cm³/mol. The van der Waals surface area contributed by atoms with Crippen LogP contribution in [0.2, 0.25) is 0 Å². The summed E-state index contributed by atoms with van der Waals surface area (Å²) in [5.74, 6) is 0.678. The van der Waals surface area contributed by atoms with E-state index in [0.717, 1.165) is 44.2 Å². The number of carbonyl (C=O) groups excluding carboxylic acids is 1. The van der Waals surface area contributed by atoms with E-state index in [0.29, 0.717) is 6.54 Å². The molecule has 0 saturated carbocycles. The zero-order chi connectivity index (χ0) is 14.2. The molecular weight excluding hydrogens is 292 g/mol. The van der Waals surface area contributed by atoms with Crippen LogP contribution in [-0.2, 0) is 9.53 Å². The van der Waals surface area contributed by atoms with Gasteiger partial charge in [-0.05, 0) is 18.6 Å². The van der Waals surface area contributed by atoms with Gasteiger partial charge < -0.3 is 14.8 Å².